The van der Waals surface area contributed by atoms with E-state index >= 15 is 0 Å². The van der Waals surface area contributed by atoms with Crippen molar-refractivity contribution < 1.29 is 19.2 Å². The Morgan fingerprint density at radius 1 is 1.23 bits per heavy atom. The summed E-state index contributed by atoms with van der Waals surface area (Å²) in [5.41, 5.74) is 0.835. The molecule has 0 bridgehead atoms. The van der Waals surface area contributed by atoms with Crippen LogP contribution in [0.2, 0.25) is 5.02 Å². The lowest BCUT2D eigenvalue weighted by Gasteiger charge is -2.12. The summed E-state index contributed by atoms with van der Waals surface area (Å²) in [5.74, 6) is -1.29. The third-order valence-corrected chi connectivity index (χ3v) is 3.52. The van der Waals surface area contributed by atoms with Crippen molar-refractivity contribution >= 4 is 40.9 Å². The molecular weight excluding hydrogens is 360 g/mol. The zero-order valence-corrected chi connectivity index (χ0v) is 14.5. The van der Waals surface area contributed by atoms with Crippen molar-refractivity contribution in [3.8, 4) is 0 Å². The van der Waals surface area contributed by atoms with Gasteiger partial charge >= 0.3 is 5.97 Å². The van der Waals surface area contributed by atoms with Crippen molar-refractivity contribution in [2.45, 2.75) is 13.0 Å². The second-order valence-corrected chi connectivity index (χ2v) is 5.70. The van der Waals surface area contributed by atoms with Gasteiger partial charge in [-0.3, -0.25) is 14.9 Å². The Kier molecular flexibility index (Phi) is 6.46. The Bertz CT molecular complexity index is 849. The molecule has 1 amide bonds. The molecule has 1 N–H and O–H groups in total. The first-order chi connectivity index (χ1) is 12.3. The zero-order chi connectivity index (χ0) is 19.1. The van der Waals surface area contributed by atoms with E-state index in [-0.39, 0.29) is 11.4 Å². The van der Waals surface area contributed by atoms with Crippen molar-refractivity contribution in [3.05, 3.63) is 75.3 Å². The maximum atomic E-state index is 12.0. The van der Waals surface area contributed by atoms with E-state index in [2.05, 4.69) is 5.32 Å². The summed E-state index contributed by atoms with van der Waals surface area (Å²) in [7, 11) is 0. The molecule has 7 nitrogen and oxygen atoms in total. The number of non-ortho nitro benzene ring substituents is 1. The van der Waals surface area contributed by atoms with E-state index in [9.17, 15) is 19.7 Å². The van der Waals surface area contributed by atoms with E-state index in [0.29, 0.717) is 5.02 Å². The van der Waals surface area contributed by atoms with Gasteiger partial charge in [0.15, 0.2) is 6.10 Å². The van der Waals surface area contributed by atoms with Crippen LogP contribution in [0.4, 0.5) is 11.4 Å². The molecule has 134 valence electrons. The Hall–Kier alpha value is -3.19. The SMILES string of the molecule is CC(OC(=O)/C=C/c1ccc(Cl)cc1)C(=O)Nc1cccc([N+](=O)[O-])c1. The minimum absolute atomic E-state index is 0.154. The molecule has 1 atom stereocenters. The number of amides is 1. The quantitative estimate of drug-likeness (QED) is 0.358. The maximum Gasteiger partial charge on any atom is 0.331 e. The molecule has 0 aliphatic rings. The summed E-state index contributed by atoms with van der Waals surface area (Å²) in [5, 5.41) is 13.8. The number of hydrogen-bond donors (Lipinski definition) is 1. The standard InChI is InChI=1S/C18H15ClN2O5/c1-12(18(23)20-15-3-2-4-16(11-15)21(24)25)26-17(22)10-7-13-5-8-14(19)9-6-13/h2-12H,1H3,(H,20,23)/b10-7+. The smallest absolute Gasteiger partial charge is 0.331 e. The summed E-state index contributed by atoms with van der Waals surface area (Å²) in [4.78, 5) is 34.0. The van der Waals surface area contributed by atoms with Crippen molar-refractivity contribution in [1.82, 2.24) is 0 Å². The molecule has 0 spiro atoms. The van der Waals surface area contributed by atoms with Gasteiger partial charge in [-0.15, -0.1) is 0 Å². The monoisotopic (exact) mass is 374 g/mol. The lowest BCUT2D eigenvalue weighted by Crippen LogP contribution is -2.29. The van der Waals surface area contributed by atoms with Crippen LogP contribution in [0, 0.1) is 10.1 Å². The average molecular weight is 375 g/mol. The Morgan fingerprint density at radius 2 is 1.92 bits per heavy atom. The van der Waals surface area contributed by atoms with Gasteiger partial charge in [-0.1, -0.05) is 29.8 Å². The Balaban J connectivity index is 1.91. The van der Waals surface area contributed by atoms with Gasteiger partial charge in [0.25, 0.3) is 11.6 Å². The highest BCUT2D eigenvalue weighted by molar-refractivity contribution is 6.30. The maximum absolute atomic E-state index is 12.0. The number of nitro benzene ring substituents is 1. The largest absolute Gasteiger partial charge is 0.449 e. The molecule has 2 rings (SSSR count). The van der Waals surface area contributed by atoms with Gasteiger partial charge in [0.05, 0.1) is 4.92 Å². The fraction of sp³-hybridized carbons (Fsp3) is 0.111. The topological polar surface area (TPSA) is 98.5 Å². The number of rotatable bonds is 6. The summed E-state index contributed by atoms with van der Waals surface area (Å²) in [6, 6.07) is 12.3. The van der Waals surface area contributed by atoms with E-state index in [4.69, 9.17) is 16.3 Å². The van der Waals surface area contributed by atoms with Crippen LogP contribution in [-0.4, -0.2) is 22.9 Å². The van der Waals surface area contributed by atoms with Gasteiger partial charge in [-0.2, -0.15) is 0 Å². The molecule has 0 saturated heterocycles. The zero-order valence-electron chi connectivity index (χ0n) is 13.7. The van der Waals surface area contributed by atoms with E-state index in [0.717, 1.165) is 5.56 Å². The van der Waals surface area contributed by atoms with Gasteiger partial charge < -0.3 is 10.1 Å². The number of ether oxygens (including phenoxy) is 1. The van der Waals surface area contributed by atoms with Crippen molar-refractivity contribution in [2.24, 2.45) is 0 Å². The third-order valence-electron chi connectivity index (χ3n) is 3.27. The lowest BCUT2D eigenvalue weighted by atomic mass is 10.2. The van der Waals surface area contributed by atoms with Crippen LogP contribution >= 0.6 is 11.6 Å². The second-order valence-electron chi connectivity index (χ2n) is 5.26. The molecular formula is C18H15ClN2O5. The molecule has 0 aliphatic carbocycles. The van der Waals surface area contributed by atoms with Crippen LogP contribution in [0.3, 0.4) is 0 Å². The summed E-state index contributed by atoms with van der Waals surface area (Å²) >= 11 is 5.77. The van der Waals surface area contributed by atoms with E-state index in [1.54, 1.807) is 24.3 Å². The number of halogens is 1. The number of benzene rings is 2. The fourth-order valence-corrected chi connectivity index (χ4v) is 2.07. The number of nitrogens with zero attached hydrogens (tertiary/aromatic N) is 1. The Labute approximate surface area is 154 Å². The van der Waals surface area contributed by atoms with E-state index in [1.807, 2.05) is 0 Å². The molecule has 26 heavy (non-hydrogen) atoms. The van der Waals surface area contributed by atoms with E-state index in [1.165, 1.54) is 43.3 Å². The lowest BCUT2D eigenvalue weighted by molar-refractivity contribution is -0.384. The summed E-state index contributed by atoms with van der Waals surface area (Å²) in [6.45, 7) is 1.40. The van der Waals surface area contributed by atoms with Crippen LogP contribution in [0.15, 0.2) is 54.6 Å². The van der Waals surface area contributed by atoms with Crippen molar-refractivity contribution in [1.29, 1.82) is 0 Å². The number of anilines is 1. The van der Waals surface area contributed by atoms with Crippen molar-refractivity contribution in [2.75, 3.05) is 5.32 Å². The second kappa shape index (κ2) is 8.77. The molecule has 2 aromatic carbocycles. The molecule has 0 fully saturated rings. The first-order valence-corrected chi connectivity index (χ1v) is 7.92. The average Bonchev–Trinajstić information content (AvgIpc) is 2.61. The highest BCUT2D eigenvalue weighted by Gasteiger charge is 2.17. The van der Waals surface area contributed by atoms with Crippen LogP contribution in [0.1, 0.15) is 12.5 Å². The molecule has 2 aromatic rings. The summed E-state index contributed by atoms with van der Waals surface area (Å²) < 4.78 is 5.01. The van der Waals surface area contributed by atoms with Gasteiger partial charge in [0.2, 0.25) is 0 Å². The van der Waals surface area contributed by atoms with Gasteiger partial charge in [-0.25, -0.2) is 4.79 Å². The van der Waals surface area contributed by atoms with Gasteiger partial charge in [0.1, 0.15) is 0 Å². The number of carbonyl (C=O) groups excluding carboxylic acids is 2. The molecule has 0 saturated carbocycles. The number of hydrogen-bond acceptors (Lipinski definition) is 5. The Morgan fingerprint density at radius 3 is 2.58 bits per heavy atom. The number of nitro groups is 1. The number of esters is 1. The van der Waals surface area contributed by atoms with Crippen molar-refractivity contribution in [3.63, 3.8) is 0 Å². The molecule has 0 radical (unpaired) electrons. The van der Waals surface area contributed by atoms with E-state index < -0.39 is 22.9 Å². The fourth-order valence-electron chi connectivity index (χ4n) is 1.95. The van der Waals surface area contributed by atoms with Crippen LogP contribution in [0.5, 0.6) is 0 Å². The minimum atomic E-state index is -1.07. The normalized spacial score (nSPS) is 11.8. The van der Waals surface area contributed by atoms with Crippen LogP contribution < -0.4 is 5.32 Å². The molecule has 8 heteroatoms. The predicted octanol–water partition coefficient (Wildman–Crippen LogP) is 3.83. The highest BCUT2D eigenvalue weighted by atomic mass is 35.5. The third kappa shape index (κ3) is 5.71. The predicted molar refractivity (Wildman–Crippen MR) is 97.8 cm³/mol. The number of carbonyl (C=O) groups is 2. The first kappa shape index (κ1) is 19.1. The van der Waals surface area contributed by atoms with Crippen LogP contribution in [0.25, 0.3) is 6.08 Å². The minimum Gasteiger partial charge on any atom is -0.449 e. The molecule has 0 aliphatic heterocycles. The first-order valence-electron chi connectivity index (χ1n) is 7.55. The highest BCUT2D eigenvalue weighted by Crippen LogP contribution is 2.17. The number of nitrogens with one attached hydrogen (secondary N) is 1. The summed E-state index contributed by atoms with van der Waals surface area (Å²) in [6.07, 6.45) is 1.65. The molecule has 1 unspecified atom stereocenters. The van der Waals surface area contributed by atoms with Gasteiger partial charge in [-0.05, 0) is 36.8 Å². The van der Waals surface area contributed by atoms with Crippen LogP contribution in [-0.2, 0) is 14.3 Å². The molecule has 0 aromatic heterocycles. The van der Waals surface area contributed by atoms with Gasteiger partial charge in [0, 0.05) is 28.9 Å². The molecule has 0 heterocycles.